The highest BCUT2D eigenvalue weighted by atomic mass is 16.6. The van der Waals surface area contributed by atoms with Crippen molar-refractivity contribution in [1.29, 1.82) is 0 Å². The quantitative estimate of drug-likeness (QED) is 0.532. The van der Waals surface area contributed by atoms with Crippen LogP contribution in [0.2, 0.25) is 0 Å². The summed E-state index contributed by atoms with van der Waals surface area (Å²) < 4.78 is 4.57. The Kier molecular flexibility index (Phi) is 1.39. The molecular weight excluding hydrogens is 136 g/mol. The van der Waals surface area contributed by atoms with Crippen molar-refractivity contribution in [3.8, 4) is 0 Å². The number of esters is 1. The summed E-state index contributed by atoms with van der Waals surface area (Å²) in [4.78, 5) is 20.9. The van der Waals surface area contributed by atoms with Crippen LogP contribution in [-0.2, 0) is 14.3 Å². The molecule has 1 fully saturated rings. The lowest BCUT2D eigenvalue weighted by Crippen LogP contribution is -2.34. The topological polar surface area (TPSA) is 63.6 Å². The van der Waals surface area contributed by atoms with Crippen molar-refractivity contribution < 1.29 is 19.4 Å². The Bertz CT molecular complexity index is 186. The van der Waals surface area contributed by atoms with E-state index < -0.39 is 17.5 Å². The highest BCUT2D eigenvalue weighted by Crippen LogP contribution is 2.25. The van der Waals surface area contributed by atoms with Crippen LogP contribution in [-0.4, -0.2) is 22.6 Å². The Balaban J connectivity index is 2.72. The largest absolute Gasteiger partial charge is 0.478 e. The van der Waals surface area contributed by atoms with E-state index in [1.54, 1.807) is 0 Å². The van der Waals surface area contributed by atoms with Gasteiger partial charge in [0.05, 0.1) is 0 Å². The summed E-state index contributed by atoms with van der Waals surface area (Å²) in [5.74, 6) is -1.50. The highest BCUT2D eigenvalue weighted by molar-refractivity contribution is 5.85. The average molecular weight is 144 g/mol. The predicted octanol–water partition coefficient (Wildman–Crippen LogP) is 0.167. The fraction of sp³-hybridized carbons (Fsp3) is 0.667. The summed E-state index contributed by atoms with van der Waals surface area (Å²) in [6.07, 6.45) is 0.490. The predicted molar refractivity (Wildman–Crippen MR) is 31.4 cm³/mol. The van der Waals surface area contributed by atoms with Crippen molar-refractivity contribution in [2.45, 2.75) is 25.4 Å². The van der Waals surface area contributed by atoms with E-state index in [1.807, 2.05) is 0 Å². The van der Waals surface area contributed by atoms with Crippen LogP contribution in [0.3, 0.4) is 0 Å². The second-order valence-electron chi connectivity index (χ2n) is 2.51. The van der Waals surface area contributed by atoms with E-state index in [0.717, 1.165) is 0 Å². The van der Waals surface area contributed by atoms with Gasteiger partial charge in [0.1, 0.15) is 0 Å². The zero-order valence-corrected chi connectivity index (χ0v) is 5.59. The first-order chi connectivity index (χ1) is 4.54. The van der Waals surface area contributed by atoms with Gasteiger partial charge in [-0.15, -0.1) is 0 Å². The molecule has 0 saturated carbocycles. The molecule has 0 amide bonds. The number of hydrogen-bond donors (Lipinski definition) is 1. The molecule has 56 valence electrons. The third-order valence-electron chi connectivity index (χ3n) is 1.60. The van der Waals surface area contributed by atoms with Crippen molar-refractivity contribution >= 4 is 11.9 Å². The molecule has 4 heteroatoms. The smallest absolute Gasteiger partial charge is 0.347 e. The number of aliphatic carboxylic acids is 1. The number of carboxylic acids is 1. The number of carbonyl (C=O) groups excluding carboxylic acids is 1. The van der Waals surface area contributed by atoms with E-state index in [2.05, 4.69) is 4.74 Å². The summed E-state index contributed by atoms with van der Waals surface area (Å²) in [6.45, 7) is 1.40. The number of carboxylic acid groups (broad SMARTS) is 1. The van der Waals surface area contributed by atoms with E-state index in [-0.39, 0.29) is 12.8 Å². The minimum Gasteiger partial charge on any atom is -0.478 e. The summed E-state index contributed by atoms with van der Waals surface area (Å²) in [5, 5.41) is 8.51. The molecule has 4 nitrogen and oxygen atoms in total. The van der Waals surface area contributed by atoms with Crippen molar-refractivity contribution in [2.24, 2.45) is 0 Å². The molecule has 0 aromatic carbocycles. The molecule has 1 rings (SSSR count). The minimum atomic E-state index is -1.27. The first kappa shape index (κ1) is 7.05. The van der Waals surface area contributed by atoms with E-state index in [0.29, 0.717) is 0 Å². The standard InChI is InChI=1S/C6H8O4/c1-6(5(8)9)3-2-4(7)10-6/h2-3H2,1H3,(H,8,9)/t6-/m0/s1. The van der Waals surface area contributed by atoms with Gasteiger partial charge in [-0.2, -0.15) is 0 Å². The molecule has 0 spiro atoms. The van der Waals surface area contributed by atoms with Gasteiger partial charge >= 0.3 is 11.9 Å². The molecule has 1 atom stereocenters. The molecule has 10 heavy (non-hydrogen) atoms. The fourth-order valence-corrected chi connectivity index (χ4v) is 0.844. The zero-order valence-electron chi connectivity index (χ0n) is 5.59. The summed E-state index contributed by atoms with van der Waals surface area (Å²) in [5.41, 5.74) is -1.27. The molecule has 1 saturated heterocycles. The molecule has 0 bridgehead atoms. The lowest BCUT2D eigenvalue weighted by molar-refractivity contribution is -0.167. The highest BCUT2D eigenvalue weighted by Gasteiger charge is 2.42. The molecule has 0 radical (unpaired) electrons. The van der Waals surface area contributed by atoms with E-state index in [9.17, 15) is 9.59 Å². The summed E-state index contributed by atoms with van der Waals surface area (Å²) in [7, 11) is 0. The lowest BCUT2D eigenvalue weighted by atomic mass is 10.0. The van der Waals surface area contributed by atoms with Crippen LogP contribution in [0.15, 0.2) is 0 Å². The number of carbonyl (C=O) groups is 2. The van der Waals surface area contributed by atoms with Gasteiger partial charge < -0.3 is 9.84 Å². The molecule has 0 unspecified atom stereocenters. The third-order valence-corrected chi connectivity index (χ3v) is 1.60. The van der Waals surface area contributed by atoms with Crippen LogP contribution >= 0.6 is 0 Å². The second kappa shape index (κ2) is 1.97. The van der Waals surface area contributed by atoms with Gasteiger partial charge in [-0.25, -0.2) is 4.79 Å². The molecule has 1 heterocycles. The number of hydrogen-bond acceptors (Lipinski definition) is 3. The average Bonchev–Trinajstić information content (AvgIpc) is 2.13. The summed E-state index contributed by atoms with van der Waals surface area (Å²) >= 11 is 0. The molecular formula is C6H8O4. The Hall–Kier alpha value is -1.06. The van der Waals surface area contributed by atoms with Crippen LogP contribution in [0.5, 0.6) is 0 Å². The maximum absolute atomic E-state index is 10.5. The zero-order chi connectivity index (χ0) is 7.78. The van der Waals surface area contributed by atoms with Crippen LogP contribution < -0.4 is 0 Å². The molecule has 1 aliphatic rings. The van der Waals surface area contributed by atoms with Crippen molar-refractivity contribution in [3.05, 3.63) is 0 Å². The van der Waals surface area contributed by atoms with Crippen molar-refractivity contribution in [2.75, 3.05) is 0 Å². The van der Waals surface area contributed by atoms with Gasteiger partial charge in [-0.05, 0) is 6.92 Å². The van der Waals surface area contributed by atoms with E-state index in [1.165, 1.54) is 6.92 Å². The summed E-state index contributed by atoms with van der Waals surface area (Å²) in [6, 6.07) is 0. The first-order valence-electron chi connectivity index (χ1n) is 3.00. The minimum absolute atomic E-state index is 0.211. The van der Waals surface area contributed by atoms with Gasteiger partial charge in [-0.3, -0.25) is 4.79 Å². The SMILES string of the molecule is C[C@@]1(C(=O)O)CCC(=O)O1. The maximum Gasteiger partial charge on any atom is 0.347 e. The van der Waals surface area contributed by atoms with E-state index >= 15 is 0 Å². The maximum atomic E-state index is 10.5. The molecule has 0 aromatic rings. The second-order valence-corrected chi connectivity index (χ2v) is 2.51. The normalized spacial score (nSPS) is 31.9. The Morgan fingerprint density at radius 2 is 2.40 bits per heavy atom. The van der Waals surface area contributed by atoms with Crippen LogP contribution in [0, 0.1) is 0 Å². The third kappa shape index (κ3) is 0.964. The van der Waals surface area contributed by atoms with Crippen molar-refractivity contribution in [1.82, 2.24) is 0 Å². The van der Waals surface area contributed by atoms with Gasteiger partial charge in [0, 0.05) is 12.8 Å². The number of cyclic esters (lactones) is 1. The monoisotopic (exact) mass is 144 g/mol. The Morgan fingerprint density at radius 3 is 2.60 bits per heavy atom. The van der Waals surface area contributed by atoms with E-state index in [4.69, 9.17) is 5.11 Å². The fourth-order valence-electron chi connectivity index (χ4n) is 0.844. The lowest BCUT2D eigenvalue weighted by Gasteiger charge is -2.15. The first-order valence-corrected chi connectivity index (χ1v) is 3.00. The van der Waals surface area contributed by atoms with Crippen LogP contribution in [0.25, 0.3) is 0 Å². The van der Waals surface area contributed by atoms with Gasteiger partial charge in [0.25, 0.3) is 0 Å². The van der Waals surface area contributed by atoms with Crippen LogP contribution in [0.4, 0.5) is 0 Å². The molecule has 0 aliphatic carbocycles. The molecule has 1 N–H and O–H groups in total. The molecule has 0 aromatic heterocycles. The van der Waals surface area contributed by atoms with Crippen molar-refractivity contribution in [3.63, 3.8) is 0 Å². The van der Waals surface area contributed by atoms with Gasteiger partial charge in [0.15, 0.2) is 0 Å². The Morgan fingerprint density at radius 1 is 1.80 bits per heavy atom. The number of ether oxygens (including phenoxy) is 1. The van der Waals surface area contributed by atoms with Gasteiger partial charge in [-0.1, -0.05) is 0 Å². The van der Waals surface area contributed by atoms with Crippen LogP contribution in [0.1, 0.15) is 19.8 Å². The number of rotatable bonds is 1. The molecule has 1 aliphatic heterocycles. The van der Waals surface area contributed by atoms with Gasteiger partial charge in [0.2, 0.25) is 5.60 Å². The Labute approximate surface area is 57.8 Å².